The van der Waals surface area contributed by atoms with Gasteiger partial charge < -0.3 is 4.40 Å². The molecule has 2 aromatic heterocycles. The number of aryl methyl sites for hydroxylation is 2. The van der Waals surface area contributed by atoms with Crippen molar-refractivity contribution in [2.75, 3.05) is 0 Å². The molecule has 1 N–H and O–H groups in total. The topological polar surface area (TPSA) is 63.5 Å². The van der Waals surface area contributed by atoms with Crippen LogP contribution in [0.25, 0.3) is 5.65 Å². The fourth-order valence-corrected chi connectivity index (χ4v) is 3.43. The molecule has 0 fully saturated rings. The first-order chi connectivity index (χ1) is 10.5. The third-order valence-electron chi connectivity index (χ3n) is 3.47. The lowest BCUT2D eigenvalue weighted by atomic mass is 10.2. The first-order valence-corrected chi connectivity index (χ1v) is 8.43. The highest BCUT2D eigenvalue weighted by Crippen LogP contribution is 2.13. The summed E-state index contributed by atoms with van der Waals surface area (Å²) in [6, 6.07) is 10.7. The van der Waals surface area contributed by atoms with Crippen LogP contribution in [0.5, 0.6) is 0 Å². The molecule has 0 spiro atoms. The number of hydrogen-bond acceptors (Lipinski definition) is 3. The first-order valence-electron chi connectivity index (χ1n) is 6.95. The van der Waals surface area contributed by atoms with Crippen LogP contribution in [0.2, 0.25) is 0 Å². The van der Waals surface area contributed by atoms with Gasteiger partial charge in [0.1, 0.15) is 5.65 Å². The van der Waals surface area contributed by atoms with E-state index in [1.54, 1.807) is 18.2 Å². The molecule has 2 heterocycles. The zero-order chi connectivity index (χ0) is 15.7. The lowest BCUT2D eigenvalue weighted by Crippen LogP contribution is -2.23. The highest BCUT2D eigenvalue weighted by Gasteiger charge is 2.14. The third-order valence-corrected chi connectivity index (χ3v) is 4.87. The molecule has 3 rings (SSSR count). The van der Waals surface area contributed by atoms with Crippen molar-refractivity contribution >= 4 is 15.7 Å². The van der Waals surface area contributed by atoms with Crippen molar-refractivity contribution in [3.8, 4) is 0 Å². The highest BCUT2D eigenvalue weighted by molar-refractivity contribution is 7.89. The van der Waals surface area contributed by atoms with E-state index >= 15 is 0 Å². The molecule has 0 saturated heterocycles. The zero-order valence-electron chi connectivity index (χ0n) is 12.4. The molecule has 5 nitrogen and oxygen atoms in total. The summed E-state index contributed by atoms with van der Waals surface area (Å²) in [5.41, 5.74) is 3.49. The van der Waals surface area contributed by atoms with E-state index in [9.17, 15) is 8.42 Å². The monoisotopic (exact) mass is 315 g/mol. The molecule has 0 aliphatic rings. The number of nitrogens with one attached hydrogen (secondary N) is 1. The van der Waals surface area contributed by atoms with Gasteiger partial charge in [0.2, 0.25) is 10.0 Å². The number of aromatic nitrogens is 2. The Morgan fingerprint density at radius 1 is 1.18 bits per heavy atom. The molecule has 0 saturated carbocycles. The normalized spacial score (nSPS) is 11.9. The Kier molecular flexibility index (Phi) is 3.72. The minimum atomic E-state index is -3.53. The Bertz CT molecular complexity index is 929. The van der Waals surface area contributed by atoms with E-state index in [1.165, 1.54) is 0 Å². The maximum absolute atomic E-state index is 12.3. The second-order valence-electron chi connectivity index (χ2n) is 5.30. The Morgan fingerprint density at radius 3 is 2.73 bits per heavy atom. The average molecular weight is 315 g/mol. The third kappa shape index (κ3) is 2.88. The molecular formula is C16H17N3O2S. The predicted molar refractivity (Wildman–Crippen MR) is 85.1 cm³/mol. The second-order valence-corrected chi connectivity index (χ2v) is 7.06. The van der Waals surface area contributed by atoms with Crippen LogP contribution in [0.4, 0.5) is 0 Å². The standard InChI is InChI=1S/C16H17N3O2S/c1-12-5-3-7-15(9-12)22(20,21)17-10-14-11-19-8-4-6-13(2)16(19)18-14/h3-9,11,17H,10H2,1-2H3. The molecule has 0 radical (unpaired) electrons. The first kappa shape index (κ1) is 14.7. The van der Waals surface area contributed by atoms with Gasteiger partial charge in [0, 0.05) is 12.4 Å². The van der Waals surface area contributed by atoms with Crippen molar-refractivity contribution in [2.45, 2.75) is 25.3 Å². The van der Waals surface area contributed by atoms with Gasteiger partial charge in [0.25, 0.3) is 0 Å². The quantitative estimate of drug-likeness (QED) is 0.804. The zero-order valence-corrected chi connectivity index (χ0v) is 13.3. The molecule has 0 bridgehead atoms. The number of hydrogen-bond donors (Lipinski definition) is 1. The fourth-order valence-electron chi connectivity index (χ4n) is 2.32. The summed E-state index contributed by atoms with van der Waals surface area (Å²) in [6.45, 7) is 4.00. The second kappa shape index (κ2) is 5.55. The summed E-state index contributed by atoms with van der Waals surface area (Å²) in [4.78, 5) is 4.73. The summed E-state index contributed by atoms with van der Waals surface area (Å²) in [6.07, 6.45) is 3.73. The van der Waals surface area contributed by atoms with Crippen LogP contribution in [-0.4, -0.2) is 17.8 Å². The molecule has 0 atom stereocenters. The summed E-state index contributed by atoms with van der Waals surface area (Å²) in [5.74, 6) is 0. The van der Waals surface area contributed by atoms with Crippen LogP contribution < -0.4 is 4.72 Å². The van der Waals surface area contributed by atoms with E-state index in [2.05, 4.69) is 9.71 Å². The van der Waals surface area contributed by atoms with Crippen molar-refractivity contribution < 1.29 is 8.42 Å². The molecule has 114 valence electrons. The number of sulfonamides is 1. The van der Waals surface area contributed by atoms with Gasteiger partial charge >= 0.3 is 0 Å². The van der Waals surface area contributed by atoms with Crippen LogP contribution in [0.15, 0.2) is 53.7 Å². The molecule has 22 heavy (non-hydrogen) atoms. The van der Waals surface area contributed by atoms with E-state index in [0.29, 0.717) is 5.69 Å². The van der Waals surface area contributed by atoms with E-state index in [0.717, 1.165) is 16.8 Å². The smallest absolute Gasteiger partial charge is 0.240 e. The predicted octanol–water partition coefficient (Wildman–Crippen LogP) is 2.43. The van der Waals surface area contributed by atoms with Crippen LogP contribution >= 0.6 is 0 Å². The Morgan fingerprint density at radius 2 is 2.00 bits per heavy atom. The largest absolute Gasteiger partial charge is 0.307 e. The van der Waals surface area contributed by atoms with E-state index in [-0.39, 0.29) is 11.4 Å². The SMILES string of the molecule is Cc1cccc(S(=O)(=O)NCc2cn3cccc(C)c3n2)c1. The molecule has 6 heteroatoms. The molecule has 3 aromatic rings. The van der Waals surface area contributed by atoms with Gasteiger partial charge in [-0.25, -0.2) is 18.1 Å². The Hall–Kier alpha value is -2.18. The van der Waals surface area contributed by atoms with Crippen LogP contribution in [0, 0.1) is 13.8 Å². The van der Waals surface area contributed by atoms with Gasteiger partial charge in [-0.05, 0) is 43.2 Å². The number of rotatable bonds is 4. The molecular weight excluding hydrogens is 298 g/mol. The van der Waals surface area contributed by atoms with Gasteiger partial charge in [0.15, 0.2) is 0 Å². The molecule has 0 unspecified atom stereocenters. The molecule has 0 amide bonds. The van der Waals surface area contributed by atoms with Crippen molar-refractivity contribution in [3.05, 3.63) is 65.6 Å². The number of fused-ring (bicyclic) bond motifs is 1. The van der Waals surface area contributed by atoms with Crippen LogP contribution in [0.3, 0.4) is 0 Å². The van der Waals surface area contributed by atoms with Crippen molar-refractivity contribution in [1.82, 2.24) is 14.1 Å². The van der Waals surface area contributed by atoms with Crippen molar-refractivity contribution in [1.29, 1.82) is 0 Å². The lowest BCUT2D eigenvalue weighted by Gasteiger charge is -2.05. The van der Waals surface area contributed by atoms with Crippen LogP contribution in [-0.2, 0) is 16.6 Å². The fraction of sp³-hybridized carbons (Fsp3) is 0.188. The molecule has 1 aromatic carbocycles. The van der Waals surface area contributed by atoms with Gasteiger partial charge in [-0.15, -0.1) is 0 Å². The Labute approximate surface area is 129 Å². The highest BCUT2D eigenvalue weighted by atomic mass is 32.2. The van der Waals surface area contributed by atoms with Crippen molar-refractivity contribution in [2.24, 2.45) is 0 Å². The minimum absolute atomic E-state index is 0.164. The maximum Gasteiger partial charge on any atom is 0.240 e. The van der Waals surface area contributed by atoms with Gasteiger partial charge in [-0.1, -0.05) is 18.2 Å². The number of benzene rings is 1. The summed E-state index contributed by atoms with van der Waals surface area (Å²) >= 11 is 0. The molecule has 0 aliphatic carbocycles. The summed E-state index contributed by atoms with van der Waals surface area (Å²) < 4.78 is 29.1. The van der Waals surface area contributed by atoms with Gasteiger partial charge in [-0.2, -0.15) is 0 Å². The lowest BCUT2D eigenvalue weighted by molar-refractivity contribution is 0.580. The summed E-state index contributed by atoms with van der Waals surface area (Å²) in [5, 5.41) is 0. The molecule has 0 aliphatic heterocycles. The Balaban J connectivity index is 1.82. The van der Waals surface area contributed by atoms with E-state index in [4.69, 9.17) is 0 Å². The minimum Gasteiger partial charge on any atom is -0.307 e. The number of nitrogens with zero attached hydrogens (tertiary/aromatic N) is 2. The van der Waals surface area contributed by atoms with Gasteiger partial charge in [-0.3, -0.25) is 0 Å². The van der Waals surface area contributed by atoms with E-state index in [1.807, 2.05) is 48.8 Å². The van der Waals surface area contributed by atoms with Crippen LogP contribution in [0.1, 0.15) is 16.8 Å². The number of pyridine rings is 1. The van der Waals surface area contributed by atoms with Gasteiger partial charge in [0.05, 0.1) is 17.1 Å². The summed E-state index contributed by atoms with van der Waals surface area (Å²) in [7, 11) is -3.53. The maximum atomic E-state index is 12.3. The average Bonchev–Trinajstić information content (AvgIpc) is 2.90. The van der Waals surface area contributed by atoms with E-state index < -0.39 is 10.0 Å². The number of imidazole rings is 1. The van der Waals surface area contributed by atoms with Crippen molar-refractivity contribution in [3.63, 3.8) is 0 Å².